The molecule has 0 unspecified atom stereocenters. The normalized spacial score (nSPS) is 14.1. The van der Waals surface area contributed by atoms with Gasteiger partial charge >= 0.3 is 0 Å². The third-order valence-corrected chi connectivity index (χ3v) is 4.44. The maximum absolute atomic E-state index is 5.65. The molecule has 1 aromatic heterocycles. The minimum absolute atomic E-state index is 0. The second kappa shape index (κ2) is 11.3. The number of pyridine rings is 1. The summed E-state index contributed by atoms with van der Waals surface area (Å²) in [6.45, 7) is 3.46. The number of nitrogens with zero attached hydrogens (tertiary/aromatic N) is 2. The van der Waals surface area contributed by atoms with Crippen molar-refractivity contribution in [2.45, 2.75) is 25.7 Å². The van der Waals surface area contributed by atoms with E-state index in [0.717, 1.165) is 56.5 Å². The molecule has 0 aliphatic heterocycles. The van der Waals surface area contributed by atoms with Gasteiger partial charge in [-0.25, -0.2) is 0 Å². The maximum atomic E-state index is 5.65. The zero-order valence-corrected chi connectivity index (χ0v) is 17.7. The van der Waals surface area contributed by atoms with Crippen LogP contribution in [0.5, 0.6) is 0 Å². The topological polar surface area (TPSA) is 58.5 Å². The zero-order chi connectivity index (χ0) is 17.3. The lowest BCUT2D eigenvalue weighted by molar-refractivity contribution is 0.123. The summed E-state index contributed by atoms with van der Waals surface area (Å²) >= 11 is 0. The Bertz CT molecular complexity index is 698. The number of fused-ring (bicyclic) bond motifs is 1. The molecule has 0 atom stereocenters. The molecule has 2 N–H and O–H groups in total. The Kier molecular flexibility index (Phi) is 9.11. The van der Waals surface area contributed by atoms with Crippen molar-refractivity contribution < 1.29 is 4.74 Å². The average Bonchev–Trinajstić information content (AvgIpc) is 3.47. The summed E-state index contributed by atoms with van der Waals surface area (Å²) in [4.78, 5) is 8.78. The molecule has 2 aromatic rings. The minimum Gasteiger partial charge on any atom is -0.381 e. The first kappa shape index (κ1) is 20.9. The van der Waals surface area contributed by atoms with Gasteiger partial charge in [-0.05, 0) is 43.2 Å². The molecule has 1 aliphatic carbocycles. The number of halogens is 1. The molecule has 0 spiro atoms. The Hall–Kier alpha value is -1.41. The van der Waals surface area contributed by atoms with Crippen molar-refractivity contribution in [2.24, 2.45) is 10.9 Å². The highest BCUT2D eigenvalue weighted by Gasteiger charge is 2.20. The highest BCUT2D eigenvalue weighted by atomic mass is 127. The van der Waals surface area contributed by atoms with E-state index in [4.69, 9.17) is 4.74 Å². The van der Waals surface area contributed by atoms with Gasteiger partial charge in [0.05, 0.1) is 5.52 Å². The summed E-state index contributed by atoms with van der Waals surface area (Å²) in [7, 11) is 1.80. The third kappa shape index (κ3) is 6.72. The van der Waals surface area contributed by atoms with E-state index in [9.17, 15) is 0 Å². The molecule has 1 heterocycles. The number of aliphatic imine (C=N–C) groups is 1. The first-order valence-corrected chi connectivity index (χ1v) is 9.21. The van der Waals surface area contributed by atoms with E-state index in [0.29, 0.717) is 0 Å². The van der Waals surface area contributed by atoms with Gasteiger partial charge in [-0.2, -0.15) is 0 Å². The molecule has 1 aliphatic rings. The molecule has 0 saturated heterocycles. The molecule has 1 fully saturated rings. The summed E-state index contributed by atoms with van der Waals surface area (Å²) in [6.07, 6.45) is 6.47. The van der Waals surface area contributed by atoms with Crippen molar-refractivity contribution in [3.8, 4) is 0 Å². The van der Waals surface area contributed by atoms with Crippen molar-refractivity contribution in [3.63, 3.8) is 0 Å². The van der Waals surface area contributed by atoms with Gasteiger partial charge < -0.3 is 15.4 Å². The lowest BCUT2D eigenvalue weighted by Crippen LogP contribution is -2.39. The molecule has 5 nitrogen and oxygen atoms in total. The lowest BCUT2D eigenvalue weighted by Gasteiger charge is -2.12. The summed E-state index contributed by atoms with van der Waals surface area (Å²) in [6, 6.07) is 10.4. The van der Waals surface area contributed by atoms with Crippen LogP contribution in [0.2, 0.25) is 0 Å². The monoisotopic (exact) mass is 468 g/mol. The molecule has 3 rings (SSSR count). The van der Waals surface area contributed by atoms with Gasteiger partial charge in [-0.3, -0.25) is 9.98 Å². The number of benzene rings is 1. The molecule has 0 amide bonds. The van der Waals surface area contributed by atoms with Crippen molar-refractivity contribution >= 4 is 40.8 Å². The number of para-hydroxylation sites is 1. The van der Waals surface area contributed by atoms with Gasteiger partial charge in [0, 0.05) is 44.9 Å². The summed E-state index contributed by atoms with van der Waals surface area (Å²) < 4.78 is 5.65. The van der Waals surface area contributed by atoms with Crippen LogP contribution in [-0.2, 0) is 11.2 Å². The number of aromatic nitrogens is 1. The van der Waals surface area contributed by atoms with Crippen LogP contribution < -0.4 is 10.6 Å². The largest absolute Gasteiger partial charge is 0.381 e. The van der Waals surface area contributed by atoms with Gasteiger partial charge in [0.1, 0.15) is 0 Å². The molecule has 142 valence electrons. The number of rotatable bonds is 9. The van der Waals surface area contributed by atoms with Crippen molar-refractivity contribution in [1.29, 1.82) is 0 Å². The second-order valence-corrected chi connectivity index (χ2v) is 6.54. The highest BCUT2D eigenvalue weighted by Crippen LogP contribution is 2.28. The fraction of sp³-hybridized carbons (Fsp3) is 0.500. The van der Waals surface area contributed by atoms with Crippen LogP contribution in [0.4, 0.5) is 0 Å². The Morgan fingerprint density at radius 1 is 1.19 bits per heavy atom. The Labute approximate surface area is 173 Å². The Balaban J connectivity index is 0.00000243. The smallest absolute Gasteiger partial charge is 0.190 e. The van der Waals surface area contributed by atoms with Crippen molar-refractivity contribution in [2.75, 3.05) is 33.4 Å². The van der Waals surface area contributed by atoms with E-state index in [1.165, 1.54) is 23.8 Å². The zero-order valence-electron chi connectivity index (χ0n) is 15.4. The molecule has 26 heavy (non-hydrogen) atoms. The van der Waals surface area contributed by atoms with Gasteiger partial charge in [0.25, 0.3) is 0 Å². The van der Waals surface area contributed by atoms with Crippen LogP contribution in [0.25, 0.3) is 10.9 Å². The van der Waals surface area contributed by atoms with Gasteiger partial charge in [0.15, 0.2) is 5.96 Å². The van der Waals surface area contributed by atoms with E-state index in [2.05, 4.69) is 44.9 Å². The fourth-order valence-electron chi connectivity index (χ4n) is 2.82. The first-order chi connectivity index (χ1) is 12.4. The highest BCUT2D eigenvalue weighted by molar-refractivity contribution is 14.0. The minimum atomic E-state index is 0. The van der Waals surface area contributed by atoms with Crippen molar-refractivity contribution in [1.82, 2.24) is 15.6 Å². The predicted molar refractivity (Wildman–Crippen MR) is 118 cm³/mol. The molecule has 0 radical (unpaired) electrons. The number of guanidine groups is 1. The third-order valence-electron chi connectivity index (χ3n) is 4.44. The molecule has 6 heteroatoms. The summed E-state index contributed by atoms with van der Waals surface area (Å²) in [5.74, 6) is 1.68. The molecular formula is C20H29IN4O. The van der Waals surface area contributed by atoms with Crippen LogP contribution in [0, 0.1) is 5.92 Å². The number of nitrogens with one attached hydrogen (secondary N) is 2. The van der Waals surface area contributed by atoms with Crippen LogP contribution in [-0.4, -0.2) is 44.3 Å². The molecule has 1 aromatic carbocycles. The predicted octanol–water partition coefficient (Wildman–Crippen LogP) is 3.38. The number of ether oxygens (including phenoxy) is 1. The van der Waals surface area contributed by atoms with Gasteiger partial charge in [-0.15, -0.1) is 24.0 Å². The Morgan fingerprint density at radius 2 is 2.00 bits per heavy atom. The lowest BCUT2D eigenvalue weighted by atomic mass is 10.1. The van der Waals surface area contributed by atoms with Crippen molar-refractivity contribution in [3.05, 3.63) is 42.1 Å². The van der Waals surface area contributed by atoms with Gasteiger partial charge in [0.2, 0.25) is 0 Å². The second-order valence-electron chi connectivity index (χ2n) is 6.54. The van der Waals surface area contributed by atoms with Crippen LogP contribution in [0.1, 0.15) is 24.8 Å². The number of hydrogen-bond acceptors (Lipinski definition) is 3. The van der Waals surface area contributed by atoms with E-state index < -0.39 is 0 Å². The van der Waals surface area contributed by atoms with Gasteiger partial charge in [-0.1, -0.05) is 24.3 Å². The van der Waals surface area contributed by atoms with Crippen LogP contribution in [0.3, 0.4) is 0 Å². The van der Waals surface area contributed by atoms with Crippen LogP contribution in [0.15, 0.2) is 41.5 Å². The quantitative estimate of drug-likeness (QED) is 0.257. The maximum Gasteiger partial charge on any atom is 0.190 e. The summed E-state index contributed by atoms with van der Waals surface area (Å²) in [5.41, 5.74) is 2.34. The average molecular weight is 468 g/mol. The molecular weight excluding hydrogens is 439 g/mol. The van der Waals surface area contributed by atoms with E-state index in [1.54, 1.807) is 7.05 Å². The van der Waals surface area contributed by atoms with E-state index >= 15 is 0 Å². The number of hydrogen-bond donors (Lipinski definition) is 2. The Morgan fingerprint density at radius 3 is 2.81 bits per heavy atom. The molecule has 0 bridgehead atoms. The van der Waals surface area contributed by atoms with E-state index in [1.807, 2.05) is 12.3 Å². The molecule has 1 saturated carbocycles. The standard InChI is InChI=1S/C20H28N4O.HI/c1-21-20(23-12-4-14-25-15-16-8-9-16)24-13-10-18-6-2-5-17-7-3-11-22-19(17)18;/h2-3,5-7,11,16H,4,8-10,12-15H2,1H3,(H2,21,23,24);1H. The SMILES string of the molecule is CN=C(NCCCOCC1CC1)NCCc1cccc2cccnc12.I. The summed E-state index contributed by atoms with van der Waals surface area (Å²) in [5, 5.41) is 7.90. The van der Waals surface area contributed by atoms with Crippen LogP contribution >= 0.6 is 24.0 Å². The van der Waals surface area contributed by atoms with E-state index in [-0.39, 0.29) is 24.0 Å². The first-order valence-electron chi connectivity index (χ1n) is 9.21. The fourth-order valence-corrected chi connectivity index (χ4v) is 2.82.